The van der Waals surface area contributed by atoms with Crippen LogP contribution in [0, 0.1) is 6.92 Å². The monoisotopic (exact) mass is 576 g/mol. The maximum Gasteiger partial charge on any atom is 0.178 e. The van der Waals surface area contributed by atoms with Crippen LogP contribution < -0.4 is 9.47 Å². The molecule has 0 bridgehead atoms. The Balaban J connectivity index is 1.27. The molecule has 0 atom stereocenters. The van der Waals surface area contributed by atoms with Crippen molar-refractivity contribution in [1.29, 1.82) is 0 Å². The first-order chi connectivity index (χ1) is 21.0. The molecule has 6 rings (SSSR count). The molecule has 43 heavy (non-hydrogen) atoms. The summed E-state index contributed by atoms with van der Waals surface area (Å²) in [5.41, 5.74) is 6.92. The van der Waals surface area contributed by atoms with Crippen LogP contribution in [0.15, 0.2) is 97.1 Å². The lowest BCUT2D eigenvalue weighted by molar-refractivity contribution is -0.0424. The average molecular weight is 577 g/mol. The molecule has 6 nitrogen and oxygen atoms in total. The second-order valence-electron chi connectivity index (χ2n) is 11.4. The molecule has 5 aromatic rings. The number of aliphatic hydroxyl groups excluding tert-OH is 1. The Morgan fingerprint density at radius 3 is 2.28 bits per heavy atom. The second kappa shape index (κ2) is 13.5. The SMILES string of the molecule is Cc1c(-c2cccc(C(O)O)c2)n(Cc2ccc(OCCN3CCCCC3)cc2)c2ccc(OCc3ccccc3)cc12. The summed E-state index contributed by atoms with van der Waals surface area (Å²) in [5.74, 6) is 1.70. The molecule has 0 amide bonds. The van der Waals surface area contributed by atoms with Gasteiger partial charge in [0.2, 0.25) is 0 Å². The van der Waals surface area contributed by atoms with Gasteiger partial charge in [0.25, 0.3) is 0 Å². The van der Waals surface area contributed by atoms with E-state index in [-0.39, 0.29) is 0 Å². The maximum atomic E-state index is 9.88. The fourth-order valence-electron chi connectivity index (χ4n) is 6.06. The van der Waals surface area contributed by atoms with Crippen LogP contribution in [-0.2, 0) is 13.2 Å². The molecule has 1 aliphatic rings. The van der Waals surface area contributed by atoms with Crippen LogP contribution in [-0.4, -0.2) is 45.9 Å². The molecule has 0 aliphatic carbocycles. The predicted octanol–water partition coefficient (Wildman–Crippen LogP) is 7.09. The Bertz CT molecular complexity index is 1640. The van der Waals surface area contributed by atoms with E-state index >= 15 is 0 Å². The van der Waals surface area contributed by atoms with Gasteiger partial charge in [0.15, 0.2) is 6.29 Å². The van der Waals surface area contributed by atoms with Gasteiger partial charge >= 0.3 is 0 Å². The van der Waals surface area contributed by atoms with Crippen LogP contribution in [0.5, 0.6) is 11.5 Å². The van der Waals surface area contributed by atoms with Crippen molar-refractivity contribution in [3.05, 3.63) is 119 Å². The van der Waals surface area contributed by atoms with Crippen LogP contribution in [0.2, 0.25) is 0 Å². The van der Waals surface area contributed by atoms with E-state index in [9.17, 15) is 10.2 Å². The molecule has 4 aromatic carbocycles. The van der Waals surface area contributed by atoms with Crippen molar-refractivity contribution in [2.24, 2.45) is 0 Å². The Kier molecular flexibility index (Phi) is 9.08. The zero-order valence-corrected chi connectivity index (χ0v) is 24.8. The summed E-state index contributed by atoms with van der Waals surface area (Å²) in [5, 5.41) is 20.9. The third-order valence-corrected chi connectivity index (χ3v) is 8.38. The van der Waals surface area contributed by atoms with Gasteiger partial charge < -0.3 is 24.3 Å². The third kappa shape index (κ3) is 6.94. The zero-order chi connectivity index (χ0) is 29.6. The number of rotatable bonds is 11. The Labute approximate surface area is 253 Å². The summed E-state index contributed by atoms with van der Waals surface area (Å²) in [6.07, 6.45) is 2.39. The van der Waals surface area contributed by atoms with Gasteiger partial charge in [0.05, 0.1) is 5.69 Å². The highest BCUT2D eigenvalue weighted by molar-refractivity contribution is 5.92. The number of fused-ring (bicyclic) bond motifs is 1. The first-order valence-electron chi connectivity index (χ1n) is 15.3. The summed E-state index contributed by atoms with van der Waals surface area (Å²) >= 11 is 0. The molecular weight excluding hydrogens is 536 g/mol. The molecule has 0 spiro atoms. The Morgan fingerprint density at radius 1 is 0.744 bits per heavy atom. The second-order valence-corrected chi connectivity index (χ2v) is 11.4. The third-order valence-electron chi connectivity index (χ3n) is 8.38. The lowest BCUT2D eigenvalue weighted by Gasteiger charge is -2.26. The van der Waals surface area contributed by atoms with E-state index in [4.69, 9.17) is 9.47 Å². The molecule has 2 heterocycles. The fraction of sp³-hybridized carbons (Fsp3) is 0.297. The van der Waals surface area contributed by atoms with E-state index in [1.807, 2.05) is 42.5 Å². The van der Waals surface area contributed by atoms with Gasteiger partial charge in [0.1, 0.15) is 24.7 Å². The van der Waals surface area contributed by atoms with Crippen molar-refractivity contribution in [2.75, 3.05) is 26.2 Å². The van der Waals surface area contributed by atoms with Gasteiger partial charge in [-0.05, 0) is 91.5 Å². The first kappa shape index (κ1) is 29.0. The van der Waals surface area contributed by atoms with Crippen LogP contribution in [0.1, 0.15) is 47.8 Å². The van der Waals surface area contributed by atoms with E-state index in [2.05, 4.69) is 64.9 Å². The van der Waals surface area contributed by atoms with Crippen LogP contribution in [0.25, 0.3) is 22.2 Å². The topological polar surface area (TPSA) is 67.1 Å². The van der Waals surface area contributed by atoms with Crippen molar-refractivity contribution in [1.82, 2.24) is 9.47 Å². The number of likely N-dealkylation sites (tertiary alicyclic amines) is 1. The molecular formula is C37H40N2O4. The van der Waals surface area contributed by atoms with Crippen LogP contribution >= 0.6 is 0 Å². The van der Waals surface area contributed by atoms with E-state index in [1.54, 1.807) is 6.07 Å². The Hall–Kier alpha value is -4.10. The normalized spacial score (nSPS) is 14.0. The number of hydrogen-bond acceptors (Lipinski definition) is 5. The highest BCUT2D eigenvalue weighted by Gasteiger charge is 2.18. The highest BCUT2D eigenvalue weighted by Crippen LogP contribution is 2.37. The number of nitrogens with zero attached hydrogens (tertiary/aromatic N) is 2. The summed E-state index contributed by atoms with van der Waals surface area (Å²) < 4.78 is 14.6. The van der Waals surface area contributed by atoms with Gasteiger partial charge in [0, 0.05) is 29.6 Å². The van der Waals surface area contributed by atoms with Gasteiger partial charge in [-0.25, -0.2) is 0 Å². The largest absolute Gasteiger partial charge is 0.492 e. The summed E-state index contributed by atoms with van der Waals surface area (Å²) in [6.45, 7) is 7.30. The maximum absolute atomic E-state index is 9.88. The quantitative estimate of drug-likeness (QED) is 0.164. The van der Waals surface area contributed by atoms with Crippen molar-refractivity contribution in [2.45, 2.75) is 45.6 Å². The average Bonchev–Trinajstić information content (AvgIpc) is 3.32. The molecule has 0 radical (unpaired) electrons. The fourth-order valence-corrected chi connectivity index (χ4v) is 6.06. The minimum atomic E-state index is -1.53. The van der Waals surface area contributed by atoms with Crippen molar-refractivity contribution in [3.8, 4) is 22.8 Å². The molecule has 1 aliphatic heterocycles. The summed E-state index contributed by atoms with van der Waals surface area (Å²) in [7, 11) is 0. The van der Waals surface area contributed by atoms with Gasteiger partial charge in [-0.2, -0.15) is 0 Å². The number of ether oxygens (including phenoxy) is 2. The highest BCUT2D eigenvalue weighted by atomic mass is 16.5. The van der Waals surface area contributed by atoms with Gasteiger partial charge in [-0.15, -0.1) is 0 Å². The molecule has 0 unspecified atom stereocenters. The van der Waals surface area contributed by atoms with Crippen LogP contribution in [0.4, 0.5) is 0 Å². The van der Waals surface area contributed by atoms with E-state index in [0.717, 1.165) is 56.9 Å². The van der Waals surface area contributed by atoms with E-state index in [0.29, 0.717) is 25.3 Å². The zero-order valence-electron chi connectivity index (χ0n) is 24.8. The van der Waals surface area contributed by atoms with Crippen LogP contribution in [0.3, 0.4) is 0 Å². The van der Waals surface area contributed by atoms with Crippen molar-refractivity contribution >= 4 is 10.9 Å². The van der Waals surface area contributed by atoms with Crippen molar-refractivity contribution in [3.63, 3.8) is 0 Å². The number of benzene rings is 4. The molecule has 6 heteroatoms. The molecule has 2 N–H and O–H groups in total. The minimum Gasteiger partial charge on any atom is -0.492 e. The number of hydrogen-bond donors (Lipinski definition) is 2. The summed E-state index contributed by atoms with van der Waals surface area (Å²) in [4.78, 5) is 2.49. The molecule has 1 saturated heterocycles. The van der Waals surface area contributed by atoms with Crippen molar-refractivity contribution < 1.29 is 19.7 Å². The first-order valence-corrected chi connectivity index (χ1v) is 15.3. The number of piperidine rings is 1. The Morgan fingerprint density at radius 2 is 1.51 bits per heavy atom. The molecule has 1 fully saturated rings. The molecule has 1 aromatic heterocycles. The number of aryl methyl sites for hydroxylation is 1. The summed E-state index contributed by atoms with van der Waals surface area (Å²) in [6, 6.07) is 32.3. The predicted molar refractivity (Wildman–Crippen MR) is 171 cm³/mol. The smallest absolute Gasteiger partial charge is 0.178 e. The van der Waals surface area contributed by atoms with E-state index in [1.165, 1.54) is 32.4 Å². The molecule has 0 saturated carbocycles. The lowest BCUT2D eigenvalue weighted by Crippen LogP contribution is -2.33. The number of aliphatic hydroxyl groups is 2. The van der Waals surface area contributed by atoms with Gasteiger partial charge in [-0.1, -0.05) is 67.1 Å². The van der Waals surface area contributed by atoms with Gasteiger partial charge in [-0.3, -0.25) is 4.90 Å². The number of aromatic nitrogens is 1. The minimum absolute atomic E-state index is 0.464. The molecule has 222 valence electrons. The lowest BCUT2D eigenvalue weighted by atomic mass is 10.0. The van der Waals surface area contributed by atoms with E-state index < -0.39 is 6.29 Å². The standard InChI is InChI=1S/C37H40N2O4/c1-27-34-24-33(43-26-29-9-4-2-5-10-29)17-18-35(34)39(36(27)30-11-8-12-31(23-30)37(40)41)25-28-13-15-32(16-14-28)42-22-21-38-19-6-3-7-20-38/h2,4-5,8-18,23-24,37,40-41H,3,6-7,19-22,25-26H2,1H3.